The molecule has 0 amide bonds. The normalized spacial score (nSPS) is 12.4. The van der Waals surface area contributed by atoms with Crippen LogP contribution in [0.1, 0.15) is 17.3 Å². The van der Waals surface area contributed by atoms with Crippen molar-refractivity contribution in [3.63, 3.8) is 0 Å². The van der Waals surface area contributed by atoms with Crippen molar-refractivity contribution in [3.8, 4) is 0 Å². The number of nitrogens with zero attached hydrogens (tertiary/aromatic N) is 2. The molecule has 2 heterocycles. The van der Waals surface area contributed by atoms with E-state index >= 15 is 0 Å². The molecule has 0 radical (unpaired) electrons. The second-order valence-corrected chi connectivity index (χ2v) is 4.42. The highest BCUT2D eigenvalue weighted by molar-refractivity contribution is 9.10. The van der Waals surface area contributed by atoms with E-state index in [9.17, 15) is 0 Å². The number of nitrogen functional groups attached to an aromatic ring is 1. The number of hydrogen-bond acceptors (Lipinski definition) is 4. The van der Waals surface area contributed by atoms with Gasteiger partial charge < -0.3 is 11.1 Å². The Hall–Kier alpha value is -1.46. The number of nitrogens with two attached hydrogens (primary N) is 1. The molecule has 0 aliphatic carbocycles. The van der Waals surface area contributed by atoms with Gasteiger partial charge in [0, 0.05) is 22.4 Å². The molecule has 17 heavy (non-hydrogen) atoms. The molecule has 0 aliphatic heterocycles. The number of halogens is 1. The largest absolute Gasteiger partial charge is 0.383 e. The van der Waals surface area contributed by atoms with Crippen LogP contribution in [0.25, 0.3) is 0 Å². The van der Waals surface area contributed by atoms with Crippen LogP contribution in [-0.4, -0.2) is 17.0 Å². The standard InChI is InChI=1S/C12H13BrN4/c1-15-10(8-4-2-7-17-12(8)14)11-9(13)5-3-6-16-11/h2-7,10,15H,1H3,(H2,14,17). The van der Waals surface area contributed by atoms with E-state index in [4.69, 9.17) is 5.73 Å². The monoisotopic (exact) mass is 292 g/mol. The molecule has 1 unspecified atom stereocenters. The zero-order valence-electron chi connectivity index (χ0n) is 9.39. The third-order valence-electron chi connectivity index (χ3n) is 2.53. The molecule has 5 heteroatoms. The Morgan fingerprint density at radius 1 is 1.24 bits per heavy atom. The minimum atomic E-state index is -0.0701. The lowest BCUT2D eigenvalue weighted by atomic mass is 10.0. The smallest absolute Gasteiger partial charge is 0.128 e. The molecule has 1 atom stereocenters. The second kappa shape index (κ2) is 5.25. The van der Waals surface area contributed by atoms with Crippen LogP contribution in [-0.2, 0) is 0 Å². The van der Waals surface area contributed by atoms with Gasteiger partial charge in [-0.05, 0) is 41.2 Å². The summed E-state index contributed by atoms with van der Waals surface area (Å²) in [6, 6.07) is 7.59. The summed E-state index contributed by atoms with van der Waals surface area (Å²) in [5, 5.41) is 3.20. The maximum atomic E-state index is 5.89. The summed E-state index contributed by atoms with van der Waals surface area (Å²) in [6.07, 6.45) is 3.44. The van der Waals surface area contributed by atoms with E-state index in [0.29, 0.717) is 5.82 Å². The summed E-state index contributed by atoms with van der Waals surface area (Å²) in [6.45, 7) is 0. The van der Waals surface area contributed by atoms with E-state index < -0.39 is 0 Å². The van der Waals surface area contributed by atoms with Gasteiger partial charge in [0.2, 0.25) is 0 Å². The second-order valence-electron chi connectivity index (χ2n) is 3.57. The number of anilines is 1. The Balaban J connectivity index is 2.48. The highest BCUT2D eigenvalue weighted by Crippen LogP contribution is 2.28. The van der Waals surface area contributed by atoms with Crippen LogP contribution in [0.3, 0.4) is 0 Å². The molecule has 4 nitrogen and oxygen atoms in total. The molecule has 0 saturated heterocycles. The molecule has 0 bridgehead atoms. The van der Waals surface area contributed by atoms with Gasteiger partial charge in [-0.3, -0.25) is 4.98 Å². The molecular weight excluding hydrogens is 280 g/mol. The molecule has 0 fully saturated rings. The van der Waals surface area contributed by atoms with Gasteiger partial charge in [0.25, 0.3) is 0 Å². The molecule has 2 aromatic heterocycles. The first-order valence-corrected chi connectivity index (χ1v) is 6.01. The number of rotatable bonds is 3. The minimum Gasteiger partial charge on any atom is -0.383 e. The summed E-state index contributed by atoms with van der Waals surface area (Å²) in [5.74, 6) is 0.518. The Kier molecular flexibility index (Phi) is 3.71. The first kappa shape index (κ1) is 12.0. The maximum Gasteiger partial charge on any atom is 0.128 e. The fraction of sp³-hybridized carbons (Fsp3) is 0.167. The van der Waals surface area contributed by atoms with Crippen molar-refractivity contribution in [1.29, 1.82) is 0 Å². The Labute approximate surface area is 108 Å². The SMILES string of the molecule is CNC(c1cccnc1N)c1ncccc1Br. The summed E-state index contributed by atoms with van der Waals surface area (Å²) in [5.41, 5.74) is 7.71. The first-order valence-electron chi connectivity index (χ1n) is 5.22. The van der Waals surface area contributed by atoms with Gasteiger partial charge in [-0.15, -0.1) is 0 Å². The van der Waals surface area contributed by atoms with Gasteiger partial charge in [-0.2, -0.15) is 0 Å². The van der Waals surface area contributed by atoms with Crippen molar-refractivity contribution in [3.05, 3.63) is 52.4 Å². The van der Waals surface area contributed by atoms with Crippen molar-refractivity contribution in [2.24, 2.45) is 0 Å². The van der Waals surface area contributed by atoms with E-state index in [0.717, 1.165) is 15.7 Å². The first-order chi connectivity index (χ1) is 8.24. The van der Waals surface area contributed by atoms with Crippen LogP contribution in [0.4, 0.5) is 5.82 Å². The number of aromatic nitrogens is 2. The van der Waals surface area contributed by atoms with Crippen LogP contribution >= 0.6 is 15.9 Å². The average molecular weight is 293 g/mol. The summed E-state index contributed by atoms with van der Waals surface area (Å²) in [7, 11) is 1.87. The van der Waals surface area contributed by atoms with Gasteiger partial charge in [0.15, 0.2) is 0 Å². The topological polar surface area (TPSA) is 63.8 Å². The fourth-order valence-corrected chi connectivity index (χ4v) is 2.21. The van der Waals surface area contributed by atoms with E-state index in [1.165, 1.54) is 0 Å². The van der Waals surface area contributed by atoms with Gasteiger partial charge in [-0.1, -0.05) is 6.07 Å². The van der Waals surface area contributed by atoms with E-state index in [1.807, 2.05) is 31.3 Å². The highest BCUT2D eigenvalue weighted by atomic mass is 79.9. The van der Waals surface area contributed by atoms with Gasteiger partial charge >= 0.3 is 0 Å². The summed E-state index contributed by atoms with van der Waals surface area (Å²) in [4.78, 5) is 8.47. The van der Waals surface area contributed by atoms with E-state index in [1.54, 1.807) is 12.4 Å². The number of nitrogens with one attached hydrogen (secondary N) is 1. The van der Waals surface area contributed by atoms with Crippen LogP contribution in [0.15, 0.2) is 41.1 Å². The van der Waals surface area contributed by atoms with Crippen molar-refractivity contribution in [2.45, 2.75) is 6.04 Å². The average Bonchev–Trinajstić information content (AvgIpc) is 2.34. The predicted molar refractivity (Wildman–Crippen MR) is 71.5 cm³/mol. The third-order valence-corrected chi connectivity index (χ3v) is 3.20. The van der Waals surface area contributed by atoms with E-state index in [-0.39, 0.29) is 6.04 Å². The lowest BCUT2D eigenvalue weighted by Crippen LogP contribution is -2.21. The quantitative estimate of drug-likeness (QED) is 0.910. The molecule has 3 N–H and O–H groups in total. The lowest BCUT2D eigenvalue weighted by Gasteiger charge is -2.18. The predicted octanol–water partition coefficient (Wildman–Crippen LogP) is 2.13. The Bertz CT molecular complexity index is 470. The fourth-order valence-electron chi connectivity index (χ4n) is 1.72. The van der Waals surface area contributed by atoms with Crippen molar-refractivity contribution >= 4 is 21.7 Å². The Morgan fingerprint density at radius 3 is 2.59 bits per heavy atom. The zero-order valence-corrected chi connectivity index (χ0v) is 11.0. The minimum absolute atomic E-state index is 0.0701. The molecular formula is C12H13BrN4. The highest BCUT2D eigenvalue weighted by Gasteiger charge is 2.18. The number of hydrogen-bond donors (Lipinski definition) is 2. The zero-order chi connectivity index (χ0) is 12.3. The molecule has 88 valence electrons. The third kappa shape index (κ3) is 2.45. The maximum absolute atomic E-state index is 5.89. The van der Waals surface area contributed by atoms with Gasteiger partial charge in [-0.25, -0.2) is 4.98 Å². The molecule has 0 spiro atoms. The summed E-state index contributed by atoms with van der Waals surface area (Å²) < 4.78 is 0.947. The molecule has 2 rings (SSSR count). The molecule has 2 aromatic rings. The van der Waals surface area contributed by atoms with Crippen LogP contribution in [0.2, 0.25) is 0 Å². The van der Waals surface area contributed by atoms with E-state index in [2.05, 4.69) is 31.2 Å². The van der Waals surface area contributed by atoms with Crippen LogP contribution in [0.5, 0.6) is 0 Å². The summed E-state index contributed by atoms with van der Waals surface area (Å²) >= 11 is 3.50. The molecule has 0 aromatic carbocycles. The van der Waals surface area contributed by atoms with Crippen LogP contribution in [0, 0.1) is 0 Å². The Morgan fingerprint density at radius 2 is 1.94 bits per heavy atom. The molecule has 0 aliphatic rings. The van der Waals surface area contributed by atoms with Crippen LogP contribution < -0.4 is 11.1 Å². The molecule has 0 saturated carbocycles. The van der Waals surface area contributed by atoms with Crippen molar-refractivity contribution in [2.75, 3.05) is 12.8 Å². The van der Waals surface area contributed by atoms with Gasteiger partial charge in [0.1, 0.15) is 5.82 Å². The van der Waals surface area contributed by atoms with Crippen molar-refractivity contribution in [1.82, 2.24) is 15.3 Å². The lowest BCUT2D eigenvalue weighted by molar-refractivity contribution is 0.667. The van der Waals surface area contributed by atoms with Gasteiger partial charge in [0.05, 0.1) is 11.7 Å². The number of pyridine rings is 2. The van der Waals surface area contributed by atoms with Crippen molar-refractivity contribution < 1.29 is 0 Å².